The van der Waals surface area contributed by atoms with Gasteiger partial charge >= 0.3 is 0 Å². The minimum Gasteiger partial charge on any atom is -0.316 e. The molecule has 3 nitrogen and oxygen atoms in total. The van der Waals surface area contributed by atoms with Crippen LogP contribution in [0.5, 0.6) is 0 Å². The molecule has 0 amide bonds. The lowest BCUT2D eigenvalue weighted by Gasteiger charge is -2.45. The quantitative estimate of drug-likeness (QED) is 0.822. The Balaban J connectivity index is 1.89. The average Bonchev–Trinajstić information content (AvgIpc) is 2.43. The Morgan fingerprint density at radius 2 is 1.74 bits per heavy atom. The van der Waals surface area contributed by atoms with Crippen LogP contribution in [0, 0.1) is 11.3 Å². The summed E-state index contributed by atoms with van der Waals surface area (Å²) in [7, 11) is 2.24. The molecule has 1 heterocycles. The van der Waals surface area contributed by atoms with Crippen molar-refractivity contribution in [2.24, 2.45) is 11.3 Å². The highest BCUT2D eigenvalue weighted by atomic mass is 15.2. The Hall–Kier alpha value is -0.120. The summed E-state index contributed by atoms with van der Waals surface area (Å²) in [5.41, 5.74) is 0.554. The first-order valence-corrected chi connectivity index (χ1v) is 8.25. The molecular weight excluding hydrogens is 234 g/mol. The van der Waals surface area contributed by atoms with Crippen molar-refractivity contribution >= 4 is 0 Å². The first-order chi connectivity index (χ1) is 9.13. The molecule has 112 valence electrons. The van der Waals surface area contributed by atoms with Gasteiger partial charge in [0.2, 0.25) is 0 Å². The maximum Gasteiger partial charge on any atom is 0.0110 e. The summed E-state index contributed by atoms with van der Waals surface area (Å²) in [6, 6.07) is 0. The van der Waals surface area contributed by atoms with Crippen LogP contribution in [0.25, 0.3) is 0 Å². The summed E-state index contributed by atoms with van der Waals surface area (Å²) in [5, 5.41) is 3.63. The topological polar surface area (TPSA) is 18.5 Å². The molecule has 1 N–H and O–H groups in total. The summed E-state index contributed by atoms with van der Waals surface area (Å²) in [6.07, 6.45) is 5.71. The van der Waals surface area contributed by atoms with E-state index in [0.717, 1.165) is 12.5 Å². The van der Waals surface area contributed by atoms with E-state index in [1.165, 1.54) is 65.0 Å². The molecule has 1 aliphatic carbocycles. The third-order valence-corrected chi connectivity index (χ3v) is 5.24. The highest BCUT2D eigenvalue weighted by Crippen LogP contribution is 2.39. The van der Waals surface area contributed by atoms with Gasteiger partial charge in [0.25, 0.3) is 0 Å². The van der Waals surface area contributed by atoms with Gasteiger partial charge in [-0.2, -0.15) is 0 Å². The molecule has 2 aliphatic rings. The molecule has 0 aromatic rings. The van der Waals surface area contributed by atoms with Crippen LogP contribution in [0.2, 0.25) is 0 Å². The van der Waals surface area contributed by atoms with E-state index in [-0.39, 0.29) is 0 Å². The van der Waals surface area contributed by atoms with E-state index in [2.05, 4.69) is 36.0 Å². The number of piperazine rings is 1. The first kappa shape index (κ1) is 15.3. The molecule has 0 bridgehead atoms. The second kappa shape index (κ2) is 7.05. The monoisotopic (exact) mass is 267 g/mol. The van der Waals surface area contributed by atoms with Gasteiger partial charge < -0.3 is 15.1 Å². The standard InChI is InChI=1S/C16H33N3/c1-4-17-13-16(7-5-15(2)6-8-16)14-19-11-9-18(3)10-12-19/h15,17H,4-14H2,1-3H3. The van der Waals surface area contributed by atoms with E-state index in [9.17, 15) is 0 Å². The molecule has 2 rings (SSSR count). The van der Waals surface area contributed by atoms with Gasteiger partial charge in [-0.15, -0.1) is 0 Å². The highest BCUT2D eigenvalue weighted by Gasteiger charge is 2.35. The van der Waals surface area contributed by atoms with Crippen molar-refractivity contribution in [3.63, 3.8) is 0 Å². The average molecular weight is 267 g/mol. The van der Waals surface area contributed by atoms with Crippen LogP contribution in [0.4, 0.5) is 0 Å². The summed E-state index contributed by atoms with van der Waals surface area (Å²) < 4.78 is 0. The van der Waals surface area contributed by atoms with Gasteiger partial charge in [-0.05, 0) is 37.8 Å². The largest absolute Gasteiger partial charge is 0.316 e. The number of hydrogen-bond acceptors (Lipinski definition) is 3. The fourth-order valence-electron chi connectivity index (χ4n) is 3.64. The Kier molecular flexibility index (Phi) is 5.67. The summed E-state index contributed by atoms with van der Waals surface area (Å²) in [4.78, 5) is 5.17. The predicted molar refractivity (Wildman–Crippen MR) is 82.5 cm³/mol. The number of hydrogen-bond donors (Lipinski definition) is 1. The lowest BCUT2D eigenvalue weighted by molar-refractivity contribution is 0.0598. The van der Waals surface area contributed by atoms with Crippen molar-refractivity contribution in [1.82, 2.24) is 15.1 Å². The highest BCUT2D eigenvalue weighted by molar-refractivity contribution is 4.90. The minimum absolute atomic E-state index is 0.554. The van der Waals surface area contributed by atoms with Crippen molar-refractivity contribution in [3.05, 3.63) is 0 Å². The molecule has 19 heavy (non-hydrogen) atoms. The third-order valence-electron chi connectivity index (χ3n) is 5.24. The SMILES string of the molecule is CCNCC1(CN2CCN(C)CC2)CCC(C)CC1. The van der Waals surface area contributed by atoms with Crippen LogP contribution < -0.4 is 5.32 Å². The fourth-order valence-corrected chi connectivity index (χ4v) is 3.64. The van der Waals surface area contributed by atoms with Gasteiger partial charge in [0.1, 0.15) is 0 Å². The Morgan fingerprint density at radius 1 is 1.11 bits per heavy atom. The first-order valence-electron chi connectivity index (χ1n) is 8.25. The number of nitrogens with zero attached hydrogens (tertiary/aromatic N) is 2. The Labute approximate surface area is 119 Å². The van der Waals surface area contributed by atoms with Crippen molar-refractivity contribution in [2.45, 2.75) is 39.5 Å². The van der Waals surface area contributed by atoms with Crippen LogP contribution in [0.15, 0.2) is 0 Å². The second-order valence-corrected chi connectivity index (χ2v) is 7.04. The molecule has 0 aromatic heterocycles. The lowest BCUT2D eigenvalue weighted by atomic mass is 9.70. The molecule has 1 aliphatic heterocycles. The summed E-state index contributed by atoms with van der Waals surface area (Å²) in [6.45, 7) is 13.3. The molecule has 3 heteroatoms. The van der Waals surface area contributed by atoms with Gasteiger partial charge in [0, 0.05) is 39.3 Å². The van der Waals surface area contributed by atoms with E-state index in [1.807, 2.05) is 0 Å². The zero-order chi connectivity index (χ0) is 13.7. The molecule has 1 saturated heterocycles. The van der Waals surface area contributed by atoms with E-state index in [0.29, 0.717) is 5.41 Å². The van der Waals surface area contributed by atoms with Crippen LogP contribution in [-0.2, 0) is 0 Å². The fraction of sp³-hybridized carbons (Fsp3) is 1.00. The van der Waals surface area contributed by atoms with Gasteiger partial charge in [-0.1, -0.05) is 26.7 Å². The lowest BCUT2D eigenvalue weighted by Crippen LogP contribution is -2.51. The zero-order valence-electron chi connectivity index (χ0n) is 13.2. The Bertz CT molecular complexity index is 245. The van der Waals surface area contributed by atoms with Crippen LogP contribution in [-0.4, -0.2) is 62.7 Å². The maximum absolute atomic E-state index is 3.63. The van der Waals surface area contributed by atoms with E-state index >= 15 is 0 Å². The molecule has 1 saturated carbocycles. The zero-order valence-corrected chi connectivity index (χ0v) is 13.2. The van der Waals surface area contributed by atoms with Crippen molar-refractivity contribution in [3.8, 4) is 0 Å². The van der Waals surface area contributed by atoms with Crippen molar-refractivity contribution in [2.75, 3.05) is 52.9 Å². The Morgan fingerprint density at radius 3 is 2.32 bits per heavy atom. The molecule has 2 fully saturated rings. The van der Waals surface area contributed by atoms with Crippen LogP contribution in [0.1, 0.15) is 39.5 Å². The van der Waals surface area contributed by atoms with Crippen LogP contribution >= 0.6 is 0 Å². The number of nitrogens with one attached hydrogen (secondary N) is 1. The van der Waals surface area contributed by atoms with Gasteiger partial charge in [-0.3, -0.25) is 0 Å². The smallest absolute Gasteiger partial charge is 0.0110 e. The molecular formula is C16H33N3. The second-order valence-electron chi connectivity index (χ2n) is 7.04. The minimum atomic E-state index is 0.554. The predicted octanol–water partition coefficient (Wildman–Crippen LogP) is 2.04. The molecule has 0 atom stereocenters. The maximum atomic E-state index is 3.63. The molecule has 0 aromatic carbocycles. The molecule has 0 radical (unpaired) electrons. The normalized spacial score (nSPS) is 34.6. The summed E-state index contributed by atoms with van der Waals surface area (Å²) in [5.74, 6) is 0.947. The molecule has 0 spiro atoms. The van der Waals surface area contributed by atoms with Crippen molar-refractivity contribution < 1.29 is 0 Å². The van der Waals surface area contributed by atoms with E-state index in [4.69, 9.17) is 0 Å². The molecule has 0 unspecified atom stereocenters. The summed E-state index contributed by atoms with van der Waals surface area (Å²) >= 11 is 0. The van der Waals surface area contributed by atoms with E-state index in [1.54, 1.807) is 0 Å². The van der Waals surface area contributed by atoms with Crippen molar-refractivity contribution in [1.29, 1.82) is 0 Å². The number of likely N-dealkylation sites (N-methyl/N-ethyl adjacent to an activating group) is 1. The van der Waals surface area contributed by atoms with Gasteiger partial charge in [0.05, 0.1) is 0 Å². The van der Waals surface area contributed by atoms with Gasteiger partial charge in [0.15, 0.2) is 0 Å². The third kappa shape index (κ3) is 4.44. The number of rotatable bonds is 5. The van der Waals surface area contributed by atoms with Crippen LogP contribution in [0.3, 0.4) is 0 Å². The van der Waals surface area contributed by atoms with E-state index < -0.39 is 0 Å². The van der Waals surface area contributed by atoms with Gasteiger partial charge in [-0.25, -0.2) is 0 Å².